The van der Waals surface area contributed by atoms with Crippen molar-refractivity contribution in [2.75, 3.05) is 14.2 Å². The summed E-state index contributed by atoms with van der Waals surface area (Å²) in [6.45, 7) is 0. The molecule has 4 nitrogen and oxygen atoms in total. The molecule has 1 N–H and O–H groups in total. The highest BCUT2D eigenvalue weighted by Crippen LogP contribution is 2.36. The number of fused-ring (bicyclic) bond motifs is 1. The minimum atomic E-state index is 0.299. The second-order valence-corrected chi connectivity index (χ2v) is 8.61. The molecule has 0 amide bonds. The molecule has 5 aliphatic heterocycles. The fraction of sp³-hybridized carbons (Fsp3) is 0.200. The van der Waals surface area contributed by atoms with Gasteiger partial charge in [-0.05, 0) is 96.0 Å². The summed E-state index contributed by atoms with van der Waals surface area (Å²) in [5, 5.41) is 10.9. The van der Waals surface area contributed by atoms with E-state index in [-0.39, 0.29) is 0 Å². The van der Waals surface area contributed by atoms with Gasteiger partial charge in [-0.3, -0.25) is 0 Å². The van der Waals surface area contributed by atoms with Crippen LogP contribution in [-0.2, 0) is 25.7 Å². The van der Waals surface area contributed by atoms with E-state index in [0.29, 0.717) is 17.2 Å². The van der Waals surface area contributed by atoms with Crippen molar-refractivity contribution in [2.45, 2.75) is 25.7 Å². The Kier molecular flexibility index (Phi) is 6.13. The highest BCUT2D eigenvalue weighted by molar-refractivity contribution is 5.74. The maximum atomic E-state index is 10.9. The molecule has 0 aromatic heterocycles. The Morgan fingerprint density at radius 2 is 1.32 bits per heavy atom. The zero-order valence-corrected chi connectivity index (χ0v) is 19.5. The van der Waals surface area contributed by atoms with Gasteiger partial charge in [-0.1, -0.05) is 36.4 Å². The van der Waals surface area contributed by atoms with Gasteiger partial charge in [0.25, 0.3) is 0 Å². The second kappa shape index (κ2) is 9.52. The van der Waals surface area contributed by atoms with Crippen molar-refractivity contribution < 1.29 is 19.3 Å². The number of phenolic OH excluding ortho intramolecular Hbond substituents is 1. The molecule has 34 heavy (non-hydrogen) atoms. The maximum absolute atomic E-state index is 10.9. The third-order valence-corrected chi connectivity index (χ3v) is 6.43. The van der Waals surface area contributed by atoms with Crippen LogP contribution in [0.2, 0.25) is 0 Å². The number of ether oxygens (including phenoxy) is 3. The zero-order valence-electron chi connectivity index (χ0n) is 19.5. The summed E-state index contributed by atoms with van der Waals surface area (Å²) in [5.41, 5.74) is 6.46. The van der Waals surface area contributed by atoms with Crippen LogP contribution in [0.15, 0.2) is 78.9 Å². The number of aryl methyl sites for hydroxylation is 4. The molecule has 0 spiro atoms. The van der Waals surface area contributed by atoms with E-state index in [2.05, 4.69) is 30.3 Å². The van der Waals surface area contributed by atoms with Crippen LogP contribution in [0.5, 0.6) is 28.7 Å². The van der Waals surface area contributed by atoms with Crippen molar-refractivity contribution in [1.82, 2.24) is 0 Å². The predicted octanol–water partition coefficient (Wildman–Crippen LogP) is 6.75. The van der Waals surface area contributed by atoms with E-state index < -0.39 is 0 Å². The summed E-state index contributed by atoms with van der Waals surface area (Å²) in [6, 6.07) is 26.3. The van der Waals surface area contributed by atoms with Crippen molar-refractivity contribution in [1.29, 1.82) is 0 Å². The molecule has 0 saturated heterocycles. The van der Waals surface area contributed by atoms with E-state index in [9.17, 15) is 5.11 Å². The van der Waals surface area contributed by atoms with E-state index in [1.807, 2.05) is 48.5 Å². The first-order valence-corrected chi connectivity index (χ1v) is 11.6. The Hall–Kier alpha value is -3.92. The van der Waals surface area contributed by atoms with Crippen molar-refractivity contribution in [2.24, 2.45) is 0 Å². The molecule has 0 fully saturated rings. The van der Waals surface area contributed by atoms with Gasteiger partial charge >= 0.3 is 0 Å². The summed E-state index contributed by atoms with van der Waals surface area (Å²) < 4.78 is 17.2. The Morgan fingerprint density at radius 1 is 0.647 bits per heavy atom. The van der Waals surface area contributed by atoms with E-state index in [0.717, 1.165) is 65.0 Å². The molecule has 5 heterocycles. The Bertz CT molecular complexity index is 1310. The maximum Gasteiger partial charge on any atom is 0.169 e. The number of rotatable bonds is 2. The van der Waals surface area contributed by atoms with Gasteiger partial charge in [-0.2, -0.15) is 0 Å². The number of aromatic hydroxyl groups is 1. The molecule has 4 heteroatoms. The molecule has 0 saturated carbocycles. The Balaban J connectivity index is 1.58. The van der Waals surface area contributed by atoms with E-state index in [1.54, 1.807) is 14.2 Å². The summed E-state index contributed by atoms with van der Waals surface area (Å²) in [4.78, 5) is 0. The first kappa shape index (κ1) is 21.9. The number of phenols is 1. The van der Waals surface area contributed by atoms with Crippen LogP contribution in [0.25, 0.3) is 11.1 Å². The summed E-state index contributed by atoms with van der Waals surface area (Å²) in [5.74, 6) is 3.29. The van der Waals surface area contributed by atoms with E-state index >= 15 is 0 Å². The fourth-order valence-electron chi connectivity index (χ4n) is 4.50. The topological polar surface area (TPSA) is 47.9 Å². The highest BCUT2D eigenvalue weighted by atomic mass is 16.5. The minimum absolute atomic E-state index is 0.299. The van der Waals surface area contributed by atoms with Gasteiger partial charge in [0, 0.05) is 5.56 Å². The molecule has 0 unspecified atom stereocenters. The lowest BCUT2D eigenvalue weighted by Gasteiger charge is -2.14. The molecule has 5 aliphatic rings. The first-order valence-electron chi connectivity index (χ1n) is 11.6. The Morgan fingerprint density at radius 3 is 2.06 bits per heavy atom. The lowest BCUT2D eigenvalue weighted by Crippen LogP contribution is -1.97. The second-order valence-electron chi connectivity index (χ2n) is 8.61. The van der Waals surface area contributed by atoms with Crippen LogP contribution in [0.3, 0.4) is 0 Å². The lowest BCUT2D eigenvalue weighted by atomic mass is 9.93. The molecule has 0 aliphatic carbocycles. The van der Waals surface area contributed by atoms with Gasteiger partial charge in [0.15, 0.2) is 11.5 Å². The molecule has 9 rings (SSSR count). The van der Waals surface area contributed by atoms with Crippen molar-refractivity contribution >= 4 is 0 Å². The molecule has 0 atom stereocenters. The van der Waals surface area contributed by atoms with Gasteiger partial charge in [0.2, 0.25) is 0 Å². The standard InChI is InChI=1S/C30H28O4/c1-32-25-13-15-26-23(19-25)10-5-20-6-11-24(12-7-20)34-29-16-9-22(18-30(29)33-2)4-3-21-8-14-27(26)28(31)17-21/h6-9,11-19,31H,3-5,10H2,1-2H3. The van der Waals surface area contributed by atoms with Crippen LogP contribution < -0.4 is 14.2 Å². The fourth-order valence-corrected chi connectivity index (χ4v) is 4.50. The average Bonchev–Trinajstić information content (AvgIpc) is 2.87. The molecule has 0 radical (unpaired) electrons. The van der Waals surface area contributed by atoms with Gasteiger partial charge < -0.3 is 19.3 Å². The van der Waals surface area contributed by atoms with Gasteiger partial charge in [0.05, 0.1) is 14.2 Å². The van der Waals surface area contributed by atoms with E-state index in [4.69, 9.17) is 14.2 Å². The van der Waals surface area contributed by atoms with E-state index in [1.165, 1.54) is 5.56 Å². The predicted molar refractivity (Wildman–Crippen MR) is 134 cm³/mol. The van der Waals surface area contributed by atoms with Gasteiger partial charge in [-0.25, -0.2) is 0 Å². The molecule has 4 aromatic rings. The van der Waals surface area contributed by atoms with Gasteiger partial charge in [0.1, 0.15) is 17.2 Å². The summed E-state index contributed by atoms with van der Waals surface area (Å²) in [7, 11) is 3.34. The smallest absolute Gasteiger partial charge is 0.169 e. The molecular weight excluding hydrogens is 424 g/mol. The minimum Gasteiger partial charge on any atom is -0.507 e. The van der Waals surface area contributed by atoms with Crippen LogP contribution in [0.4, 0.5) is 0 Å². The summed E-state index contributed by atoms with van der Waals surface area (Å²) in [6.07, 6.45) is 3.33. The molecular formula is C30H28O4. The average molecular weight is 453 g/mol. The van der Waals surface area contributed by atoms with Crippen molar-refractivity contribution in [3.63, 3.8) is 0 Å². The number of methoxy groups -OCH3 is 2. The first-order chi connectivity index (χ1) is 16.6. The largest absolute Gasteiger partial charge is 0.507 e. The number of hydrogen-bond donors (Lipinski definition) is 1. The van der Waals surface area contributed by atoms with Crippen molar-refractivity contribution in [3.8, 4) is 39.9 Å². The summed E-state index contributed by atoms with van der Waals surface area (Å²) >= 11 is 0. The van der Waals surface area contributed by atoms with Crippen LogP contribution in [-0.4, -0.2) is 19.3 Å². The SMILES string of the molecule is COc1ccc2c(c1)CCc1ccc(cc1)Oc1ccc(cc1OC)CCc1ccc-2c(O)c1. The number of benzene rings is 4. The zero-order chi connectivity index (χ0) is 23.5. The third-order valence-electron chi connectivity index (χ3n) is 6.43. The normalized spacial score (nSPS) is 12.9. The van der Waals surface area contributed by atoms with Gasteiger partial charge in [-0.15, -0.1) is 0 Å². The number of hydrogen-bond acceptors (Lipinski definition) is 4. The Labute approximate surface area is 200 Å². The van der Waals surface area contributed by atoms with Crippen LogP contribution >= 0.6 is 0 Å². The lowest BCUT2D eigenvalue weighted by molar-refractivity contribution is 0.378. The van der Waals surface area contributed by atoms with Crippen LogP contribution in [0.1, 0.15) is 22.3 Å². The third kappa shape index (κ3) is 4.58. The molecule has 6 bridgehead atoms. The van der Waals surface area contributed by atoms with Crippen LogP contribution in [0, 0.1) is 0 Å². The molecule has 172 valence electrons. The molecule has 4 aromatic carbocycles. The quantitative estimate of drug-likeness (QED) is 0.365. The van der Waals surface area contributed by atoms with Crippen molar-refractivity contribution in [3.05, 3.63) is 101 Å². The highest BCUT2D eigenvalue weighted by Gasteiger charge is 2.13. The monoisotopic (exact) mass is 452 g/mol.